The minimum Gasteiger partial charge on any atom is -0.395 e. The Hall–Kier alpha value is -4.62. The van der Waals surface area contributed by atoms with Gasteiger partial charge in [0.1, 0.15) is 4.90 Å². The van der Waals surface area contributed by atoms with E-state index in [2.05, 4.69) is 10.2 Å². The van der Waals surface area contributed by atoms with Crippen LogP contribution in [-0.4, -0.2) is 94.0 Å². The van der Waals surface area contributed by atoms with Crippen LogP contribution in [0.25, 0.3) is 11.1 Å². The Morgan fingerprint density at radius 3 is 2.16 bits per heavy atom. The van der Waals surface area contributed by atoms with Crippen LogP contribution in [0.5, 0.6) is 0 Å². The molecule has 0 saturated carbocycles. The molecule has 0 aromatic heterocycles. The molecule has 2 aliphatic heterocycles. The highest BCUT2D eigenvalue weighted by atomic mass is 35.5. The van der Waals surface area contributed by atoms with Gasteiger partial charge < -0.3 is 20.4 Å². The fraction of sp³-hybridized carbons (Fsp3) is 0.326. The van der Waals surface area contributed by atoms with Crippen molar-refractivity contribution in [2.75, 3.05) is 48.8 Å². The van der Waals surface area contributed by atoms with Crippen LogP contribution in [0, 0.1) is 5.92 Å². The number of hydrogen-bond acceptors (Lipinski definition) is 11. The molecule has 5 aromatic rings. The minimum atomic E-state index is -6.09. The summed E-state index contributed by atoms with van der Waals surface area (Å²) >= 11 is 7.51. The largest absolute Gasteiger partial charge is 0.501 e. The highest BCUT2D eigenvalue weighted by Crippen LogP contribution is 2.39. The maximum Gasteiger partial charge on any atom is 0.501 e. The van der Waals surface area contributed by atoms with Gasteiger partial charge in [-0.3, -0.25) is 9.69 Å². The number of benzene rings is 5. The summed E-state index contributed by atoms with van der Waals surface area (Å²) in [6.45, 7) is 2.28. The molecule has 2 saturated heterocycles. The summed E-state index contributed by atoms with van der Waals surface area (Å²) in [6, 6.07) is 32.3. The number of sulfonamides is 1. The first-order valence-corrected chi connectivity index (χ1v) is 25.1. The number of aliphatic hydroxyl groups excluding tert-OH is 2. The van der Waals surface area contributed by atoms with Crippen LogP contribution in [0.3, 0.4) is 0 Å². The maximum absolute atomic E-state index is 14.2. The van der Waals surface area contributed by atoms with E-state index in [4.69, 9.17) is 11.6 Å². The first-order chi connectivity index (χ1) is 30.5. The van der Waals surface area contributed by atoms with Crippen LogP contribution < -0.4 is 14.9 Å². The summed E-state index contributed by atoms with van der Waals surface area (Å²) in [6.07, 6.45) is 1.82. The number of aliphatic hydroxyl groups is 2. The number of carbonyl (C=O) groups is 1. The van der Waals surface area contributed by atoms with E-state index in [1.807, 2.05) is 88.5 Å². The van der Waals surface area contributed by atoms with E-state index >= 15 is 0 Å². The second-order valence-electron chi connectivity index (χ2n) is 15.9. The third-order valence-electron chi connectivity index (χ3n) is 11.8. The molecule has 11 nitrogen and oxygen atoms in total. The highest BCUT2D eigenvalue weighted by Gasteiger charge is 2.48. The van der Waals surface area contributed by atoms with Crippen molar-refractivity contribution in [2.24, 2.45) is 5.92 Å². The quantitative estimate of drug-likeness (QED) is 0.0665. The molecule has 0 aliphatic carbocycles. The molecular formula is C46H48ClF3N4O7S3. The van der Waals surface area contributed by atoms with Crippen LogP contribution in [0.4, 0.5) is 24.5 Å². The fourth-order valence-electron chi connectivity index (χ4n) is 8.19. The van der Waals surface area contributed by atoms with E-state index in [0.717, 1.165) is 52.4 Å². The Balaban J connectivity index is 1.03. The Morgan fingerprint density at radius 2 is 1.52 bits per heavy atom. The molecule has 0 radical (unpaired) electrons. The molecule has 0 spiro atoms. The zero-order chi connectivity index (χ0) is 45.6. The van der Waals surface area contributed by atoms with Crippen molar-refractivity contribution in [3.05, 3.63) is 137 Å². The molecule has 0 bridgehead atoms. The standard InChI is InChI=1S/C46H48ClF3N4O7S3/c47-34-14-10-31(11-15-34)40-8-4-5-9-41(40)44(56)32-20-23-53(24-21-32)36-16-12-33(13-17-36)45(57)52-64(60,61)39-18-19-42(43(29-39)63(58,59)46(48,49)50)51-35(28-37-22-25-54(37)26-27-55)30-62-38-6-2-1-3-7-38/h1-19,29,32,35,37,44,51,55-56H,20-28,30H2,(H,52,57). The van der Waals surface area contributed by atoms with E-state index in [1.54, 1.807) is 12.1 Å². The number of nitrogens with zero attached hydrogens (tertiary/aromatic N) is 2. The van der Waals surface area contributed by atoms with Crippen LogP contribution in [-0.2, 0) is 19.9 Å². The maximum atomic E-state index is 14.2. The van der Waals surface area contributed by atoms with E-state index < -0.39 is 58.9 Å². The number of anilines is 2. The number of rotatable bonds is 17. The molecular weight excluding hydrogens is 909 g/mol. The topological polar surface area (TPSA) is 156 Å². The lowest BCUT2D eigenvalue weighted by Gasteiger charge is -2.42. The summed E-state index contributed by atoms with van der Waals surface area (Å²) in [7, 11) is -11.0. The van der Waals surface area contributed by atoms with Gasteiger partial charge in [0.15, 0.2) is 0 Å². The average Bonchev–Trinajstić information content (AvgIpc) is 3.28. The van der Waals surface area contributed by atoms with Gasteiger partial charge >= 0.3 is 5.51 Å². The van der Waals surface area contributed by atoms with E-state index in [1.165, 1.54) is 23.9 Å². The fourth-order valence-corrected chi connectivity index (χ4v) is 11.3. The predicted molar refractivity (Wildman–Crippen MR) is 244 cm³/mol. The zero-order valence-electron chi connectivity index (χ0n) is 34.5. The number of thioether (sulfide) groups is 1. The van der Waals surface area contributed by atoms with Crippen molar-refractivity contribution < 1.29 is 45.0 Å². The van der Waals surface area contributed by atoms with Gasteiger partial charge in [0.25, 0.3) is 25.8 Å². The van der Waals surface area contributed by atoms with Gasteiger partial charge in [-0.05, 0) is 115 Å². The molecule has 3 atom stereocenters. The molecule has 2 fully saturated rings. The molecule has 18 heteroatoms. The summed E-state index contributed by atoms with van der Waals surface area (Å²) < 4.78 is 97.5. The van der Waals surface area contributed by atoms with Crippen molar-refractivity contribution in [3.8, 4) is 11.1 Å². The third-order valence-corrected chi connectivity index (χ3v) is 16.0. The van der Waals surface area contributed by atoms with E-state index in [9.17, 15) is 45.0 Å². The number of alkyl halides is 3. The number of sulfone groups is 1. The lowest BCUT2D eigenvalue weighted by molar-refractivity contribution is -0.0435. The van der Waals surface area contributed by atoms with Gasteiger partial charge in [-0.1, -0.05) is 66.2 Å². The van der Waals surface area contributed by atoms with Crippen molar-refractivity contribution >= 4 is 60.5 Å². The van der Waals surface area contributed by atoms with Gasteiger partial charge in [-0.15, -0.1) is 11.8 Å². The first kappa shape index (κ1) is 47.3. The smallest absolute Gasteiger partial charge is 0.395 e. The van der Waals surface area contributed by atoms with Crippen LogP contribution in [0.1, 0.15) is 47.7 Å². The van der Waals surface area contributed by atoms with Crippen LogP contribution in [0.15, 0.2) is 136 Å². The molecule has 64 heavy (non-hydrogen) atoms. The lowest BCUT2D eigenvalue weighted by Crippen LogP contribution is -2.51. The van der Waals surface area contributed by atoms with E-state index in [0.29, 0.717) is 55.7 Å². The molecule has 2 heterocycles. The second kappa shape index (κ2) is 20.3. The second-order valence-corrected chi connectivity index (χ2v) is 21.0. The number of halogens is 4. The van der Waals surface area contributed by atoms with Crippen molar-refractivity contribution in [2.45, 2.75) is 64.1 Å². The number of piperidine rings is 1. The first-order valence-electron chi connectivity index (χ1n) is 20.7. The predicted octanol–water partition coefficient (Wildman–Crippen LogP) is 8.40. The number of nitrogens with one attached hydrogen (secondary N) is 2. The number of likely N-dealkylation sites (tertiary alicyclic amines) is 1. The summed E-state index contributed by atoms with van der Waals surface area (Å²) in [5.74, 6) is -0.760. The van der Waals surface area contributed by atoms with Crippen molar-refractivity contribution in [1.29, 1.82) is 0 Å². The highest BCUT2D eigenvalue weighted by molar-refractivity contribution is 7.99. The normalized spacial score (nSPS) is 17.3. The van der Waals surface area contributed by atoms with Crippen molar-refractivity contribution in [1.82, 2.24) is 9.62 Å². The minimum absolute atomic E-state index is 0.0191. The van der Waals surface area contributed by atoms with Crippen molar-refractivity contribution in [3.63, 3.8) is 0 Å². The van der Waals surface area contributed by atoms with Gasteiger partial charge in [0.05, 0.1) is 23.3 Å². The van der Waals surface area contributed by atoms with E-state index in [-0.39, 0.29) is 24.1 Å². The molecule has 7 rings (SSSR count). The monoisotopic (exact) mass is 956 g/mol. The summed E-state index contributed by atoms with van der Waals surface area (Å²) in [5.41, 5.74) is -2.80. The SMILES string of the molecule is O=C(NS(=O)(=O)c1ccc(NC(CSc2ccccc2)CC2CCN2CCO)c(S(=O)(=O)C(F)(F)F)c1)c1ccc(N2CCC(C(O)c3ccccc3-c3ccc(Cl)cc3)CC2)cc1. The number of amides is 1. The van der Waals surface area contributed by atoms with Gasteiger partial charge in [-0.2, -0.15) is 13.2 Å². The third kappa shape index (κ3) is 11.1. The average molecular weight is 958 g/mol. The molecule has 5 aromatic carbocycles. The number of β-amino-alcohol motifs (C(OH)–C–C–N with tert-alkyl or cyclic N) is 1. The van der Waals surface area contributed by atoms with Crippen LogP contribution >= 0.6 is 23.4 Å². The van der Waals surface area contributed by atoms with Gasteiger partial charge in [0.2, 0.25) is 0 Å². The number of carbonyl (C=O) groups excluding carboxylic acids is 1. The molecule has 3 unspecified atom stereocenters. The van der Waals surface area contributed by atoms with Gasteiger partial charge in [-0.25, -0.2) is 21.6 Å². The lowest BCUT2D eigenvalue weighted by atomic mass is 9.84. The number of hydrogen-bond donors (Lipinski definition) is 4. The Bertz CT molecular complexity index is 2620. The molecule has 1 amide bonds. The Labute approximate surface area is 380 Å². The summed E-state index contributed by atoms with van der Waals surface area (Å²) in [5, 5.41) is 24.6. The Kier molecular flexibility index (Phi) is 15.0. The Morgan fingerprint density at radius 1 is 0.844 bits per heavy atom. The van der Waals surface area contributed by atoms with Crippen LogP contribution in [0.2, 0.25) is 5.02 Å². The zero-order valence-corrected chi connectivity index (χ0v) is 37.7. The van der Waals surface area contributed by atoms with Gasteiger partial charge in [0, 0.05) is 65.2 Å². The molecule has 4 N–H and O–H groups in total. The molecule has 340 valence electrons. The molecule has 2 aliphatic rings. The summed E-state index contributed by atoms with van der Waals surface area (Å²) in [4.78, 5) is 16.2.